The molecule has 4 rings (SSSR count). The van der Waals surface area contributed by atoms with Crippen molar-refractivity contribution in [3.8, 4) is 11.5 Å². The monoisotopic (exact) mass is 554 g/mol. The lowest BCUT2D eigenvalue weighted by atomic mass is 9.84. The Labute approximate surface area is 236 Å². The van der Waals surface area contributed by atoms with Crippen molar-refractivity contribution in [2.45, 2.75) is 51.1 Å². The quantitative estimate of drug-likeness (QED) is 0.380. The van der Waals surface area contributed by atoms with E-state index in [1.54, 1.807) is 22.9 Å². The number of ether oxygens (including phenoxy) is 2. The Bertz CT molecular complexity index is 1210. The molecule has 3 heterocycles. The molecule has 1 fully saturated rings. The van der Waals surface area contributed by atoms with Crippen molar-refractivity contribution in [3.63, 3.8) is 0 Å². The highest BCUT2D eigenvalue weighted by atomic mass is 16.7. The van der Waals surface area contributed by atoms with Gasteiger partial charge in [0.05, 0.1) is 12.5 Å². The van der Waals surface area contributed by atoms with Crippen LogP contribution in [0, 0.1) is 5.92 Å². The van der Waals surface area contributed by atoms with Crippen LogP contribution < -0.4 is 15.0 Å². The summed E-state index contributed by atoms with van der Waals surface area (Å²) in [4.78, 5) is 44.9. The highest BCUT2D eigenvalue weighted by molar-refractivity contribution is 5.79. The van der Waals surface area contributed by atoms with E-state index in [0.29, 0.717) is 44.1 Å². The Morgan fingerprint density at radius 1 is 1.05 bits per heavy atom. The summed E-state index contributed by atoms with van der Waals surface area (Å²) in [5.41, 5.74) is 0.719. The number of aryl methyl sites for hydroxylation is 1. The van der Waals surface area contributed by atoms with E-state index < -0.39 is 17.9 Å². The minimum Gasteiger partial charge on any atom is -0.481 e. The number of unbranched alkanes of at least 4 members (excludes halogenated alkanes) is 1. The smallest absolute Gasteiger partial charge is 0.308 e. The van der Waals surface area contributed by atoms with Gasteiger partial charge in [-0.3, -0.25) is 19.3 Å². The topological polar surface area (TPSA) is 105 Å². The second-order valence-corrected chi connectivity index (χ2v) is 11.0. The Morgan fingerprint density at radius 3 is 2.55 bits per heavy atom. The van der Waals surface area contributed by atoms with Gasteiger partial charge in [0.1, 0.15) is 0 Å². The third kappa shape index (κ3) is 7.22. The molecule has 0 radical (unpaired) electrons. The molecule has 10 heteroatoms. The first-order chi connectivity index (χ1) is 19.3. The number of rotatable bonds is 14. The van der Waals surface area contributed by atoms with Gasteiger partial charge in [-0.25, -0.2) is 0 Å². The van der Waals surface area contributed by atoms with Gasteiger partial charge in [-0.15, -0.1) is 0 Å². The zero-order chi connectivity index (χ0) is 28.6. The molecule has 0 unspecified atom stereocenters. The van der Waals surface area contributed by atoms with Gasteiger partial charge in [-0.2, -0.15) is 0 Å². The number of carboxylic acids is 1. The molecule has 1 aromatic carbocycles. The summed E-state index contributed by atoms with van der Waals surface area (Å²) in [7, 11) is 4.04. The van der Waals surface area contributed by atoms with E-state index in [9.17, 15) is 19.5 Å². The summed E-state index contributed by atoms with van der Waals surface area (Å²) in [5.74, 6) is -0.720. The number of amides is 1. The van der Waals surface area contributed by atoms with Crippen LogP contribution in [0.5, 0.6) is 11.5 Å². The number of hydrogen-bond donors (Lipinski definition) is 1. The summed E-state index contributed by atoms with van der Waals surface area (Å²) >= 11 is 0. The van der Waals surface area contributed by atoms with E-state index in [1.165, 1.54) is 6.07 Å². The third-order valence-corrected chi connectivity index (χ3v) is 7.93. The van der Waals surface area contributed by atoms with Crippen molar-refractivity contribution < 1.29 is 24.2 Å². The highest BCUT2D eigenvalue weighted by Gasteiger charge is 2.47. The number of carbonyl (C=O) groups is 2. The zero-order valence-corrected chi connectivity index (χ0v) is 23.8. The second kappa shape index (κ2) is 13.8. The van der Waals surface area contributed by atoms with Crippen molar-refractivity contribution in [2.75, 3.05) is 53.6 Å². The van der Waals surface area contributed by atoms with Gasteiger partial charge < -0.3 is 28.9 Å². The average Bonchev–Trinajstić information content (AvgIpc) is 3.54. The zero-order valence-electron chi connectivity index (χ0n) is 23.8. The van der Waals surface area contributed by atoms with Gasteiger partial charge in [-0.05, 0) is 63.7 Å². The van der Waals surface area contributed by atoms with E-state index >= 15 is 0 Å². The number of carbonyl (C=O) groups excluding carboxylic acids is 1. The lowest BCUT2D eigenvalue weighted by Gasteiger charge is -2.30. The minimum atomic E-state index is -0.906. The van der Waals surface area contributed by atoms with Crippen LogP contribution in [0.1, 0.15) is 44.1 Å². The summed E-state index contributed by atoms with van der Waals surface area (Å²) < 4.78 is 12.6. The van der Waals surface area contributed by atoms with Crippen LogP contribution in [0.3, 0.4) is 0 Å². The normalized spacial score (nSPS) is 20.2. The van der Waals surface area contributed by atoms with Crippen LogP contribution in [0.2, 0.25) is 0 Å². The van der Waals surface area contributed by atoms with Crippen LogP contribution in [-0.4, -0.2) is 95.9 Å². The van der Waals surface area contributed by atoms with Crippen LogP contribution in [0.15, 0.2) is 47.4 Å². The molecule has 1 saturated heterocycles. The SMILES string of the molecule is CCCCN(CCCN(C)C)C(=O)CN1C[C@H](c2ccc3c(c2)OCO3)[C@@H](C(=O)O)[C@@H]1CCn1ccccc1=O. The molecule has 1 aromatic heterocycles. The molecular weight excluding hydrogens is 512 g/mol. The second-order valence-electron chi connectivity index (χ2n) is 11.0. The molecule has 2 aromatic rings. The predicted octanol–water partition coefficient (Wildman–Crippen LogP) is 2.72. The number of aromatic nitrogens is 1. The van der Waals surface area contributed by atoms with E-state index in [-0.39, 0.29) is 30.7 Å². The van der Waals surface area contributed by atoms with Crippen molar-refractivity contribution in [1.82, 2.24) is 19.3 Å². The molecule has 0 spiro atoms. The van der Waals surface area contributed by atoms with Crippen molar-refractivity contribution in [2.24, 2.45) is 5.92 Å². The maximum Gasteiger partial charge on any atom is 0.308 e. The summed E-state index contributed by atoms with van der Waals surface area (Å²) in [5, 5.41) is 10.5. The molecule has 2 aliphatic heterocycles. The molecule has 0 saturated carbocycles. The lowest BCUT2D eigenvalue weighted by molar-refractivity contribution is -0.144. The molecule has 0 aliphatic carbocycles. The fourth-order valence-corrected chi connectivity index (χ4v) is 5.81. The first-order valence-corrected chi connectivity index (χ1v) is 14.2. The first-order valence-electron chi connectivity index (χ1n) is 14.2. The maximum absolute atomic E-state index is 13.7. The fourth-order valence-electron chi connectivity index (χ4n) is 5.81. The Balaban J connectivity index is 1.59. The van der Waals surface area contributed by atoms with E-state index in [1.807, 2.05) is 42.1 Å². The average molecular weight is 555 g/mol. The van der Waals surface area contributed by atoms with Crippen LogP contribution >= 0.6 is 0 Å². The first kappa shape index (κ1) is 29.6. The van der Waals surface area contributed by atoms with Gasteiger partial charge in [-0.1, -0.05) is 25.5 Å². The largest absolute Gasteiger partial charge is 0.481 e. The number of aliphatic carboxylic acids is 1. The highest BCUT2D eigenvalue weighted by Crippen LogP contribution is 2.42. The Morgan fingerprint density at radius 2 is 1.82 bits per heavy atom. The van der Waals surface area contributed by atoms with Gasteiger partial charge in [0, 0.05) is 50.4 Å². The molecule has 3 atom stereocenters. The molecule has 2 aliphatic rings. The number of carboxylic acid groups (broad SMARTS) is 1. The number of nitrogens with zero attached hydrogens (tertiary/aromatic N) is 4. The predicted molar refractivity (Wildman–Crippen MR) is 152 cm³/mol. The number of benzene rings is 1. The molecule has 218 valence electrons. The number of hydrogen-bond acceptors (Lipinski definition) is 7. The Kier molecular flexibility index (Phi) is 10.2. The molecular formula is C30H42N4O6. The van der Waals surface area contributed by atoms with Crippen molar-refractivity contribution in [1.29, 1.82) is 0 Å². The van der Waals surface area contributed by atoms with E-state index in [4.69, 9.17) is 9.47 Å². The van der Waals surface area contributed by atoms with Crippen molar-refractivity contribution >= 4 is 11.9 Å². The molecule has 1 N–H and O–H groups in total. The minimum absolute atomic E-state index is 0.0181. The van der Waals surface area contributed by atoms with E-state index in [2.05, 4.69) is 11.8 Å². The van der Waals surface area contributed by atoms with Gasteiger partial charge in [0.2, 0.25) is 18.3 Å². The molecule has 1 amide bonds. The van der Waals surface area contributed by atoms with Gasteiger partial charge >= 0.3 is 5.97 Å². The molecule has 10 nitrogen and oxygen atoms in total. The summed E-state index contributed by atoms with van der Waals surface area (Å²) in [6, 6.07) is 10.1. The van der Waals surface area contributed by atoms with Crippen molar-refractivity contribution in [3.05, 3.63) is 58.5 Å². The molecule has 0 bridgehead atoms. The number of pyridine rings is 1. The van der Waals surface area contributed by atoms with Crippen LogP contribution in [0.25, 0.3) is 0 Å². The summed E-state index contributed by atoms with van der Waals surface area (Å²) in [6.07, 6.45) is 4.94. The number of fused-ring (bicyclic) bond motifs is 1. The number of likely N-dealkylation sites (tertiary alicyclic amines) is 1. The lowest BCUT2D eigenvalue weighted by Crippen LogP contribution is -2.45. The summed E-state index contributed by atoms with van der Waals surface area (Å²) in [6.45, 7) is 5.44. The van der Waals surface area contributed by atoms with Crippen LogP contribution in [0.4, 0.5) is 0 Å². The molecule has 40 heavy (non-hydrogen) atoms. The third-order valence-electron chi connectivity index (χ3n) is 7.93. The van der Waals surface area contributed by atoms with Crippen LogP contribution in [-0.2, 0) is 16.1 Å². The van der Waals surface area contributed by atoms with Gasteiger partial charge in [0.25, 0.3) is 0 Å². The maximum atomic E-state index is 13.7. The Hall–Kier alpha value is -3.37. The van der Waals surface area contributed by atoms with E-state index in [0.717, 1.165) is 31.4 Å². The standard InChI is InChI=1S/C30H42N4O6/c1-4-5-14-32(16-8-13-31(2)3)28(36)20-34-19-23(22-10-11-25-26(18-22)40-21-39-25)29(30(37)38)24(34)12-17-33-15-7-6-9-27(33)35/h6-7,9-11,15,18,23-24,29H,4-5,8,12-14,16-17,19-21H2,1-3H3,(H,37,38)/t23-,24+,29-/m1/s1. The fraction of sp³-hybridized carbons (Fsp3) is 0.567. The van der Waals surface area contributed by atoms with Gasteiger partial charge in [0.15, 0.2) is 11.5 Å².